The maximum atomic E-state index is 10.2. The minimum atomic E-state index is -0.0553. The Morgan fingerprint density at radius 2 is 1.87 bits per heavy atom. The van der Waals surface area contributed by atoms with Crippen LogP contribution in [0.5, 0.6) is 5.88 Å². The molecule has 0 unspecified atom stereocenters. The van der Waals surface area contributed by atoms with E-state index in [4.69, 9.17) is 0 Å². The van der Waals surface area contributed by atoms with Crippen LogP contribution in [0, 0.1) is 0 Å². The minimum Gasteiger partial charge on any atom is -0.492 e. The molecule has 5 rings (SSSR count). The van der Waals surface area contributed by atoms with Crippen LogP contribution in [0.1, 0.15) is 5.69 Å². The number of aromatic amines is 1. The van der Waals surface area contributed by atoms with E-state index in [0.717, 1.165) is 48.1 Å². The van der Waals surface area contributed by atoms with Crippen molar-refractivity contribution in [1.82, 2.24) is 14.9 Å². The largest absolute Gasteiger partial charge is 0.492 e. The van der Waals surface area contributed by atoms with Crippen LogP contribution in [0.3, 0.4) is 0 Å². The Labute approximate surface area is 173 Å². The van der Waals surface area contributed by atoms with E-state index in [2.05, 4.69) is 54.2 Å². The first-order valence-electron chi connectivity index (χ1n) is 9.96. The lowest BCUT2D eigenvalue weighted by Crippen LogP contribution is -2.44. The van der Waals surface area contributed by atoms with E-state index in [1.807, 2.05) is 36.4 Å². The van der Waals surface area contributed by atoms with Crippen LogP contribution in [0.4, 0.5) is 23.0 Å². The van der Waals surface area contributed by atoms with E-state index in [0.29, 0.717) is 11.6 Å². The number of H-pyrrole nitrogens is 1. The van der Waals surface area contributed by atoms with Crippen molar-refractivity contribution >= 4 is 35.4 Å². The Balaban J connectivity index is 1.31. The number of aromatic nitrogens is 2. The molecule has 2 aromatic carbocycles. The highest BCUT2D eigenvalue weighted by Gasteiger charge is 2.14. The van der Waals surface area contributed by atoms with Crippen molar-refractivity contribution < 1.29 is 5.11 Å². The average molecular weight is 401 g/mol. The van der Waals surface area contributed by atoms with Crippen LogP contribution in [-0.2, 0) is 0 Å². The Kier molecular flexibility index (Phi) is 4.68. The molecule has 2 aliphatic heterocycles. The van der Waals surface area contributed by atoms with Gasteiger partial charge < -0.3 is 25.2 Å². The zero-order valence-corrected chi connectivity index (χ0v) is 16.7. The number of hydrogen-bond donors (Lipinski definition) is 3. The molecule has 3 heterocycles. The van der Waals surface area contributed by atoms with Crippen molar-refractivity contribution in [2.45, 2.75) is 0 Å². The van der Waals surface area contributed by atoms with Gasteiger partial charge in [0.15, 0.2) is 0 Å². The molecule has 1 fully saturated rings. The molecule has 1 saturated heterocycles. The molecule has 0 radical (unpaired) electrons. The van der Waals surface area contributed by atoms with Crippen LogP contribution >= 0.6 is 0 Å². The second kappa shape index (κ2) is 7.64. The quantitative estimate of drug-likeness (QED) is 0.619. The number of benzene rings is 2. The summed E-state index contributed by atoms with van der Waals surface area (Å²) in [5, 5.41) is 15.2. The topological polar surface area (TPSA) is 92.1 Å². The third-order valence-corrected chi connectivity index (χ3v) is 5.41. The third-order valence-electron chi connectivity index (χ3n) is 5.41. The number of aromatic hydroxyl groups is 1. The summed E-state index contributed by atoms with van der Waals surface area (Å²) in [4.78, 5) is 20.4. The monoisotopic (exact) mass is 401 g/mol. The smallest absolute Gasteiger partial charge is 0.238 e. The second-order valence-corrected chi connectivity index (χ2v) is 7.55. The van der Waals surface area contributed by atoms with Gasteiger partial charge in [0, 0.05) is 37.6 Å². The summed E-state index contributed by atoms with van der Waals surface area (Å²) in [5.74, 6) is 0.431. The molecule has 1 aromatic heterocycles. The maximum Gasteiger partial charge on any atom is 0.238 e. The number of rotatable bonds is 4. The summed E-state index contributed by atoms with van der Waals surface area (Å²) < 4.78 is 0. The SMILES string of the molecule is CN1CCN(c2ccc(Nc3nc(O)c(C=c4ccc5c(c4)N=CN=5)[nH]3)cc2)CC1. The van der Waals surface area contributed by atoms with Crippen molar-refractivity contribution in [1.29, 1.82) is 0 Å². The number of aliphatic imine (C=N–C) groups is 1. The molecule has 0 atom stereocenters. The normalized spacial score (nSPS) is 16.6. The van der Waals surface area contributed by atoms with Crippen LogP contribution in [0.15, 0.2) is 52.4 Å². The molecule has 0 aliphatic carbocycles. The van der Waals surface area contributed by atoms with Crippen molar-refractivity contribution in [2.24, 2.45) is 9.98 Å². The van der Waals surface area contributed by atoms with Crippen molar-refractivity contribution in [2.75, 3.05) is 43.4 Å². The van der Waals surface area contributed by atoms with Crippen LogP contribution in [0.25, 0.3) is 6.08 Å². The molecule has 8 nitrogen and oxygen atoms in total. The maximum absolute atomic E-state index is 10.2. The number of nitrogens with one attached hydrogen (secondary N) is 2. The standard InChI is InChI=1S/C22H23N7O/c1-28-8-10-29(11-9-28)17-5-3-16(4-6-17)25-22-26-20(21(30)27-22)13-15-2-7-18-19(12-15)24-14-23-18/h2-7,12-14,30H,8-11H2,1H3,(H2,25,26,27). The molecule has 0 amide bonds. The summed E-state index contributed by atoms with van der Waals surface area (Å²) in [5.41, 5.74) is 3.48. The Morgan fingerprint density at radius 3 is 2.67 bits per heavy atom. The molecular formula is C22H23N7O. The van der Waals surface area contributed by atoms with E-state index in [-0.39, 0.29) is 5.88 Å². The van der Waals surface area contributed by atoms with Gasteiger partial charge in [0.25, 0.3) is 0 Å². The van der Waals surface area contributed by atoms with Crippen LogP contribution < -0.4 is 20.8 Å². The van der Waals surface area contributed by atoms with Gasteiger partial charge in [-0.2, -0.15) is 4.98 Å². The fourth-order valence-corrected chi connectivity index (χ4v) is 3.66. The fraction of sp³-hybridized carbons (Fsp3) is 0.227. The highest BCUT2D eigenvalue weighted by molar-refractivity contribution is 5.67. The fourth-order valence-electron chi connectivity index (χ4n) is 3.66. The number of hydrogen-bond acceptors (Lipinski definition) is 7. The van der Waals surface area contributed by atoms with Crippen LogP contribution in [0.2, 0.25) is 0 Å². The van der Waals surface area contributed by atoms with Gasteiger partial charge in [-0.15, -0.1) is 0 Å². The van der Waals surface area contributed by atoms with Gasteiger partial charge in [0.05, 0.1) is 11.0 Å². The predicted molar refractivity (Wildman–Crippen MR) is 119 cm³/mol. The highest BCUT2D eigenvalue weighted by Crippen LogP contribution is 2.23. The van der Waals surface area contributed by atoms with Gasteiger partial charge >= 0.3 is 0 Å². The van der Waals surface area contributed by atoms with E-state index in [1.54, 1.807) is 6.34 Å². The average Bonchev–Trinajstić information content (AvgIpc) is 3.35. The zero-order chi connectivity index (χ0) is 20.5. The summed E-state index contributed by atoms with van der Waals surface area (Å²) >= 11 is 0. The molecule has 152 valence electrons. The second-order valence-electron chi connectivity index (χ2n) is 7.55. The lowest BCUT2D eigenvalue weighted by atomic mass is 10.2. The van der Waals surface area contributed by atoms with Crippen LogP contribution in [-0.4, -0.2) is 59.5 Å². The molecule has 3 N–H and O–H groups in total. The molecular weight excluding hydrogens is 378 g/mol. The van der Waals surface area contributed by atoms with Gasteiger partial charge in [-0.25, -0.2) is 9.98 Å². The number of likely N-dealkylation sites (N-methyl/N-ethyl adjacent to an activating group) is 1. The van der Waals surface area contributed by atoms with Gasteiger partial charge in [-0.3, -0.25) is 0 Å². The highest BCUT2D eigenvalue weighted by atomic mass is 16.3. The van der Waals surface area contributed by atoms with Gasteiger partial charge in [-0.05, 0) is 54.7 Å². The van der Waals surface area contributed by atoms with E-state index < -0.39 is 0 Å². The number of anilines is 3. The molecule has 8 heteroatoms. The summed E-state index contributed by atoms with van der Waals surface area (Å²) in [6.07, 6.45) is 3.37. The number of imidazole rings is 1. The molecule has 0 spiro atoms. The zero-order valence-electron chi connectivity index (χ0n) is 16.7. The van der Waals surface area contributed by atoms with E-state index >= 15 is 0 Å². The first-order valence-corrected chi connectivity index (χ1v) is 9.96. The molecule has 3 aromatic rings. The first-order chi connectivity index (χ1) is 14.6. The lowest BCUT2D eigenvalue weighted by molar-refractivity contribution is 0.313. The van der Waals surface area contributed by atoms with E-state index in [1.165, 1.54) is 5.69 Å². The van der Waals surface area contributed by atoms with Gasteiger partial charge in [0.2, 0.25) is 11.8 Å². The van der Waals surface area contributed by atoms with Gasteiger partial charge in [0.1, 0.15) is 12.0 Å². The predicted octanol–water partition coefficient (Wildman–Crippen LogP) is 1.73. The first kappa shape index (κ1) is 18.4. The molecule has 30 heavy (non-hydrogen) atoms. The number of piperazine rings is 1. The summed E-state index contributed by atoms with van der Waals surface area (Å²) in [7, 11) is 2.16. The summed E-state index contributed by atoms with van der Waals surface area (Å²) in [6, 6.07) is 14.0. The van der Waals surface area contributed by atoms with Crippen molar-refractivity contribution in [3.63, 3.8) is 0 Å². The van der Waals surface area contributed by atoms with Crippen molar-refractivity contribution in [3.05, 3.63) is 58.7 Å². The Morgan fingerprint density at radius 1 is 1.07 bits per heavy atom. The lowest BCUT2D eigenvalue weighted by Gasteiger charge is -2.34. The Hall–Kier alpha value is -3.65. The minimum absolute atomic E-state index is 0.0553. The Bertz CT molecular complexity index is 1210. The third kappa shape index (κ3) is 3.77. The molecule has 0 saturated carbocycles. The van der Waals surface area contributed by atoms with Crippen molar-refractivity contribution in [3.8, 4) is 5.88 Å². The van der Waals surface area contributed by atoms with Gasteiger partial charge in [-0.1, -0.05) is 6.07 Å². The summed E-state index contributed by atoms with van der Waals surface area (Å²) in [6.45, 7) is 4.24. The number of nitrogens with zero attached hydrogens (tertiary/aromatic N) is 5. The molecule has 2 aliphatic rings. The number of fused-ring (bicyclic) bond motifs is 1. The molecule has 0 bridgehead atoms. The van der Waals surface area contributed by atoms with E-state index in [9.17, 15) is 5.11 Å².